The van der Waals surface area contributed by atoms with Gasteiger partial charge in [0.1, 0.15) is 0 Å². The normalized spacial score (nSPS) is 20.2. The minimum atomic E-state index is -0.951. The number of aromatic carboxylic acids is 1. The highest BCUT2D eigenvalue weighted by Gasteiger charge is 2.34. The molecule has 1 amide bonds. The summed E-state index contributed by atoms with van der Waals surface area (Å²) >= 11 is 0. The summed E-state index contributed by atoms with van der Waals surface area (Å²) in [5, 5.41) is 11.8. The molecule has 0 spiro atoms. The Hall–Kier alpha value is -2.10. The van der Waals surface area contributed by atoms with Gasteiger partial charge in [0.2, 0.25) is 5.91 Å². The van der Waals surface area contributed by atoms with Crippen molar-refractivity contribution in [1.29, 1.82) is 0 Å². The Labute approximate surface area is 131 Å². The van der Waals surface area contributed by atoms with Gasteiger partial charge in [-0.15, -0.1) is 0 Å². The summed E-state index contributed by atoms with van der Waals surface area (Å²) in [4.78, 5) is 22.6. The fourth-order valence-corrected chi connectivity index (χ4v) is 2.97. The first-order valence-electron chi connectivity index (χ1n) is 7.68. The van der Waals surface area contributed by atoms with Gasteiger partial charge >= 0.3 is 5.97 Å². The third-order valence-electron chi connectivity index (χ3n) is 4.59. The van der Waals surface area contributed by atoms with Crippen molar-refractivity contribution in [1.82, 2.24) is 5.32 Å². The van der Waals surface area contributed by atoms with Crippen molar-refractivity contribution in [2.24, 2.45) is 11.3 Å². The fourth-order valence-electron chi connectivity index (χ4n) is 2.97. The fraction of sp³-hybridized carbons (Fsp3) is 0.444. The number of carbonyl (C=O) groups excluding carboxylic acids is 1. The van der Waals surface area contributed by atoms with Gasteiger partial charge in [-0.3, -0.25) is 4.79 Å². The van der Waals surface area contributed by atoms with Crippen LogP contribution in [0.25, 0.3) is 6.08 Å². The summed E-state index contributed by atoms with van der Waals surface area (Å²) in [7, 11) is 0. The van der Waals surface area contributed by atoms with E-state index in [1.54, 1.807) is 18.2 Å². The van der Waals surface area contributed by atoms with Crippen LogP contribution in [0.3, 0.4) is 0 Å². The molecule has 1 atom stereocenters. The number of rotatable bonds is 5. The highest BCUT2D eigenvalue weighted by molar-refractivity contribution is 5.92. The predicted octanol–water partition coefficient (Wildman–Crippen LogP) is 3.34. The van der Waals surface area contributed by atoms with Gasteiger partial charge in [0.25, 0.3) is 0 Å². The van der Waals surface area contributed by atoms with Gasteiger partial charge in [-0.2, -0.15) is 0 Å². The summed E-state index contributed by atoms with van der Waals surface area (Å²) in [6, 6.07) is 6.43. The Balaban J connectivity index is 1.85. The average Bonchev–Trinajstić information content (AvgIpc) is 2.82. The van der Waals surface area contributed by atoms with Crippen LogP contribution in [0.4, 0.5) is 0 Å². The largest absolute Gasteiger partial charge is 0.478 e. The zero-order valence-electron chi connectivity index (χ0n) is 13.1. The van der Waals surface area contributed by atoms with Gasteiger partial charge < -0.3 is 10.4 Å². The van der Waals surface area contributed by atoms with Crippen LogP contribution in [0.15, 0.2) is 30.3 Å². The van der Waals surface area contributed by atoms with Crippen LogP contribution < -0.4 is 5.32 Å². The second-order valence-electron chi connectivity index (χ2n) is 6.58. The van der Waals surface area contributed by atoms with Crippen molar-refractivity contribution in [3.8, 4) is 0 Å². The van der Waals surface area contributed by atoms with Gasteiger partial charge in [-0.1, -0.05) is 32.4 Å². The maximum Gasteiger partial charge on any atom is 0.335 e. The summed E-state index contributed by atoms with van der Waals surface area (Å²) in [6.07, 6.45) is 6.82. The van der Waals surface area contributed by atoms with Gasteiger partial charge in [0, 0.05) is 12.6 Å². The molecule has 2 N–H and O–H groups in total. The van der Waals surface area contributed by atoms with Crippen LogP contribution in [0.2, 0.25) is 0 Å². The predicted molar refractivity (Wildman–Crippen MR) is 86.6 cm³/mol. The molecule has 4 nitrogen and oxygen atoms in total. The molecular weight excluding hydrogens is 278 g/mol. The first-order chi connectivity index (χ1) is 10.4. The molecule has 0 aromatic heterocycles. The van der Waals surface area contributed by atoms with E-state index in [-0.39, 0.29) is 11.5 Å². The van der Waals surface area contributed by atoms with Crippen molar-refractivity contribution >= 4 is 18.0 Å². The lowest BCUT2D eigenvalue weighted by Gasteiger charge is -2.26. The Morgan fingerprint density at radius 1 is 1.32 bits per heavy atom. The first kappa shape index (κ1) is 16.3. The zero-order chi connectivity index (χ0) is 16.2. The van der Waals surface area contributed by atoms with Crippen molar-refractivity contribution in [3.05, 3.63) is 41.5 Å². The van der Waals surface area contributed by atoms with Crippen LogP contribution in [0.1, 0.15) is 49.0 Å². The summed E-state index contributed by atoms with van der Waals surface area (Å²) in [5.74, 6) is -0.517. The third kappa shape index (κ3) is 4.20. The molecule has 1 aliphatic carbocycles. The molecule has 118 valence electrons. The number of hydrogen-bond donors (Lipinski definition) is 2. The zero-order valence-corrected chi connectivity index (χ0v) is 13.1. The molecular formula is C18H23NO3. The molecule has 0 radical (unpaired) electrons. The lowest BCUT2D eigenvalue weighted by atomic mass is 9.82. The van der Waals surface area contributed by atoms with E-state index in [2.05, 4.69) is 19.2 Å². The second kappa shape index (κ2) is 6.77. The van der Waals surface area contributed by atoms with E-state index in [9.17, 15) is 9.59 Å². The maximum atomic E-state index is 11.9. The highest BCUT2D eigenvalue weighted by atomic mass is 16.4. The van der Waals surface area contributed by atoms with Crippen LogP contribution in [0.5, 0.6) is 0 Å². The minimum Gasteiger partial charge on any atom is -0.478 e. The van der Waals surface area contributed by atoms with Gasteiger partial charge in [0.05, 0.1) is 5.56 Å². The molecule has 1 aromatic rings. The molecule has 0 aliphatic heterocycles. The Morgan fingerprint density at radius 3 is 2.55 bits per heavy atom. The minimum absolute atomic E-state index is 0.106. The Bertz CT molecular complexity index is 572. The van der Waals surface area contributed by atoms with Crippen molar-refractivity contribution in [2.45, 2.75) is 33.1 Å². The van der Waals surface area contributed by atoms with Crippen LogP contribution in [-0.2, 0) is 4.79 Å². The number of carbonyl (C=O) groups is 2. The molecule has 0 bridgehead atoms. The smallest absolute Gasteiger partial charge is 0.335 e. The molecule has 0 heterocycles. The van der Waals surface area contributed by atoms with E-state index in [1.165, 1.54) is 37.5 Å². The molecule has 1 aliphatic rings. The van der Waals surface area contributed by atoms with Crippen molar-refractivity contribution < 1.29 is 14.7 Å². The molecule has 1 fully saturated rings. The van der Waals surface area contributed by atoms with E-state index in [0.717, 1.165) is 5.56 Å². The number of carboxylic acid groups (broad SMARTS) is 1. The molecule has 0 saturated heterocycles. The average molecular weight is 301 g/mol. The van der Waals surface area contributed by atoms with Crippen LogP contribution in [-0.4, -0.2) is 23.5 Å². The SMILES string of the molecule is CC1(C)CCCC1CNC(=O)/C=C/c1ccc(C(=O)O)cc1. The van der Waals surface area contributed by atoms with E-state index in [0.29, 0.717) is 17.9 Å². The lowest BCUT2D eigenvalue weighted by Crippen LogP contribution is -2.32. The summed E-state index contributed by atoms with van der Waals surface area (Å²) in [5.41, 5.74) is 1.36. The number of hydrogen-bond acceptors (Lipinski definition) is 2. The topological polar surface area (TPSA) is 66.4 Å². The number of benzene rings is 1. The molecule has 4 heteroatoms. The van der Waals surface area contributed by atoms with E-state index in [4.69, 9.17) is 5.11 Å². The van der Waals surface area contributed by atoms with Crippen molar-refractivity contribution in [3.63, 3.8) is 0 Å². The Kier molecular flexibility index (Phi) is 5.01. The number of nitrogens with one attached hydrogen (secondary N) is 1. The summed E-state index contributed by atoms with van der Waals surface area (Å²) < 4.78 is 0. The van der Waals surface area contributed by atoms with Gasteiger partial charge in [-0.05, 0) is 47.9 Å². The van der Waals surface area contributed by atoms with E-state index >= 15 is 0 Å². The first-order valence-corrected chi connectivity index (χ1v) is 7.68. The molecule has 1 unspecified atom stereocenters. The van der Waals surface area contributed by atoms with Crippen molar-refractivity contribution in [2.75, 3.05) is 6.54 Å². The van der Waals surface area contributed by atoms with Gasteiger partial charge in [-0.25, -0.2) is 4.79 Å². The lowest BCUT2D eigenvalue weighted by molar-refractivity contribution is -0.116. The Morgan fingerprint density at radius 2 is 2.00 bits per heavy atom. The highest BCUT2D eigenvalue weighted by Crippen LogP contribution is 2.41. The van der Waals surface area contributed by atoms with Crippen LogP contribution >= 0.6 is 0 Å². The number of amides is 1. The maximum absolute atomic E-state index is 11.9. The molecule has 22 heavy (non-hydrogen) atoms. The molecule has 1 aromatic carbocycles. The van der Waals surface area contributed by atoms with E-state index < -0.39 is 5.97 Å². The third-order valence-corrected chi connectivity index (χ3v) is 4.59. The summed E-state index contributed by atoms with van der Waals surface area (Å²) in [6.45, 7) is 5.24. The van der Waals surface area contributed by atoms with Gasteiger partial charge in [0.15, 0.2) is 0 Å². The van der Waals surface area contributed by atoms with E-state index in [1.807, 2.05) is 0 Å². The second-order valence-corrected chi connectivity index (χ2v) is 6.58. The monoisotopic (exact) mass is 301 g/mol. The standard InChI is InChI=1S/C18H23NO3/c1-18(2)11-3-4-15(18)12-19-16(20)10-7-13-5-8-14(9-6-13)17(21)22/h5-10,15H,3-4,11-12H2,1-2H3,(H,19,20)(H,21,22)/b10-7+. The quantitative estimate of drug-likeness (QED) is 0.820. The molecule has 1 saturated carbocycles. The van der Waals surface area contributed by atoms with Crippen LogP contribution in [0, 0.1) is 11.3 Å². The number of carboxylic acids is 1. The molecule has 2 rings (SSSR count).